The Balaban J connectivity index is 2.06. The molecule has 2 N–H and O–H groups in total. The fourth-order valence-corrected chi connectivity index (χ4v) is 2.24. The summed E-state index contributed by atoms with van der Waals surface area (Å²) in [6.45, 7) is 3.02. The molecule has 2 unspecified atom stereocenters. The Hall–Kier alpha value is -1.53. The molecule has 1 aliphatic rings. The number of ether oxygens (including phenoxy) is 1. The number of halogens is 2. The van der Waals surface area contributed by atoms with Crippen molar-refractivity contribution in [1.29, 1.82) is 0 Å². The zero-order chi connectivity index (χ0) is 14.7. The fourth-order valence-electron chi connectivity index (χ4n) is 2.24. The van der Waals surface area contributed by atoms with Gasteiger partial charge in [-0.3, -0.25) is 4.79 Å². The highest BCUT2D eigenvalue weighted by Gasteiger charge is 2.29. The molecule has 20 heavy (non-hydrogen) atoms. The van der Waals surface area contributed by atoms with Crippen LogP contribution in [0.3, 0.4) is 0 Å². The van der Waals surface area contributed by atoms with E-state index in [0.29, 0.717) is 19.7 Å². The number of rotatable bonds is 3. The van der Waals surface area contributed by atoms with Gasteiger partial charge in [-0.1, -0.05) is 6.07 Å². The average Bonchev–Trinajstić information content (AvgIpc) is 2.42. The summed E-state index contributed by atoms with van der Waals surface area (Å²) >= 11 is 0. The van der Waals surface area contributed by atoms with E-state index in [4.69, 9.17) is 10.5 Å². The van der Waals surface area contributed by atoms with Crippen molar-refractivity contribution < 1.29 is 18.3 Å². The summed E-state index contributed by atoms with van der Waals surface area (Å²) in [5, 5.41) is 0. The minimum atomic E-state index is -0.699. The number of benzene rings is 1. The molecule has 110 valence electrons. The van der Waals surface area contributed by atoms with Crippen LogP contribution in [0, 0.1) is 11.6 Å². The van der Waals surface area contributed by atoms with Gasteiger partial charge in [0, 0.05) is 19.2 Å². The third kappa shape index (κ3) is 3.32. The minimum Gasteiger partial charge on any atom is -0.373 e. The van der Waals surface area contributed by atoms with Gasteiger partial charge >= 0.3 is 0 Å². The Bertz CT molecular complexity index is 496. The highest BCUT2D eigenvalue weighted by molar-refractivity contribution is 5.79. The number of morpholine rings is 1. The van der Waals surface area contributed by atoms with Crippen molar-refractivity contribution in [3.05, 3.63) is 35.4 Å². The van der Waals surface area contributed by atoms with Crippen LogP contribution < -0.4 is 5.73 Å². The molecule has 1 saturated heterocycles. The molecule has 0 saturated carbocycles. The summed E-state index contributed by atoms with van der Waals surface area (Å²) in [7, 11) is 0. The van der Waals surface area contributed by atoms with E-state index in [9.17, 15) is 13.6 Å². The Morgan fingerprint density at radius 2 is 2.25 bits per heavy atom. The molecule has 2 rings (SSSR count). The van der Waals surface area contributed by atoms with Crippen LogP contribution in [0.2, 0.25) is 0 Å². The third-order valence-electron chi connectivity index (χ3n) is 3.45. The number of carbonyl (C=O) groups excluding carboxylic acids is 1. The van der Waals surface area contributed by atoms with Crippen LogP contribution in [0.25, 0.3) is 0 Å². The van der Waals surface area contributed by atoms with Gasteiger partial charge in [0.05, 0.1) is 25.2 Å². The van der Waals surface area contributed by atoms with Gasteiger partial charge in [0.1, 0.15) is 11.6 Å². The molecule has 1 aliphatic heterocycles. The van der Waals surface area contributed by atoms with E-state index < -0.39 is 11.6 Å². The summed E-state index contributed by atoms with van der Waals surface area (Å²) in [5.74, 6) is -1.55. The Kier molecular flexibility index (Phi) is 4.67. The predicted molar refractivity (Wildman–Crippen MR) is 70.0 cm³/mol. The second-order valence-corrected chi connectivity index (χ2v) is 5.00. The molecule has 1 aromatic carbocycles. The molecule has 2 atom stereocenters. The lowest BCUT2D eigenvalue weighted by atomic mass is 10.1. The molecular formula is C14H18F2N2O2. The van der Waals surface area contributed by atoms with Crippen LogP contribution >= 0.6 is 0 Å². The van der Waals surface area contributed by atoms with Crippen LogP contribution in [-0.4, -0.2) is 42.6 Å². The first-order valence-corrected chi connectivity index (χ1v) is 6.56. The number of hydrogen-bond acceptors (Lipinski definition) is 3. The zero-order valence-corrected chi connectivity index (χ0v) is 11.3. The van der Waals surface area contributed by atoms with Crippen LogP contribution in [0.1, 0.15) is 12.5 Å². The molecule has 0 spiro atoms. The second kappa shape index (κ2) is 6.28. The van der Waals surface area contributed by atoms with Crippen LogP contribution in [0.4, 0.5) is 8.78 Å². The minimum absolute atomic E-state index is 0.0752. The van der Waals surface area contributed by atoms with E-state index in [1.54, 1.807) is 4.90 Å². The van der Waals surface area contributed by atoms with E-state index in [1.807, 2.05) is 6.92 Å². The number of nitrogens with two attached hydrogens (primary N) is 1. The summed E-state index contributed by atoms with van der Waals surface area (Å²) in [4.78, 5) is 13.9. The van der Waals surface area contributed by atoms with E-state index in [0.717, 1.165) is 12.1 Å². The fraction of sp³-hybridized carbons (Fsp3) is 0.500. The monoisotopic (exact) mass is 284 g/mol. The maximum absolute atomic E-state index is 13.6. The lowest BCUT2D eigenvalue weighted by molar-refractivity contribution is -0.142. The highest BCUT2D eigenvalue weighted by atomic mass is 19.1. The normalized spacial score (nSPS) is 22.9. The molecule has 0 aliphatic carbocycles. The largest absolute Gasteiger partial charge is 0.373 e. The van der Waals surface area contributed by atoms with Crippen LogP contribution in [0.15, 0.2) is 18.2 Å². The molecule has 4 nitrogen and oxygen atoms in total. The van der Waals surface area contributed by atoms with Gasteiger partial charge < -0.3 is 15.4 Å². The molecule has 0 bridgehead atoms. The first-order chi connectivity index (χ1) is 9.51. The maximum Gasteiger partial charge on any atom is 0.227 e. The van der Waals surface area contributed by atoms with Gasteiger partial charge in [0.25, 0.3) is 0 Å². The van der Waals surface area contributed by atoms with Crippen LogP contribution in [0.5, 0.6) is 0 Å². The maximum atomic E-state index is 13.6. The molecular weight excluding hydrogens is 266 g/mol. The second-order valence-electron chi connectivity index (χ2n) is 5.00. The molecule has 1 amide bonds. The van der Waals surface area contributed by atoms with Crippen molar-refractivity contribution >= 4 is 5.91 Å². The quantitative estimate of drug-likeness (QED) is 0.903. The average molecular weight is 284 g/mol. The lowest BCUT2D eigenvalue weighted by Crippen LogP contribution is -2.53. The van der Waals surface area contributed by atoms with Gasteiger partial charge in [-0.15, -0.1) is 0 Å². The molecule has 0 radical (unpaired) electrons. The van der Waals surface area contributed by atoms with Crippen molar-refractivity contribution in [1.82, 2.24) is 4.90 Å². The van der Waals surface area contributed by atoms with E-state index in [-0.39, 0.29) is 30.0 Å². The zero-order valence-electron chi connectivity index (χ0n) is 11.3. The summed E-state index contributed by atoms with van der Waals surface area (Å²) < 4.78 is 31.9. The standard InChI is InChI=1S/C14H18F2N2O2/c1-9-8-20-12(6-17)7-18(9)14(19)4-10-2-3-11(15)5-13(10)16/h2-3,5,9,12H,4,6-8,17H2,1H3. The number of amides is 1. The summed E-state index contributed by atoms with van der Waals surface area (Å²) in [6.07, 6.45) is -0.276. The van der Waals surface area contributed by atoms with Crippen molar-refractivity contribution in [3.8, 4) is 0 Å². The van der Waals surface area contributed by atoms with Gasteiger partial charge in [0.2, 0.25) is 5.91 Å². The number of carbonyl (C=O) groups is 1. The Morgan fingerprint density at radius 1 is 1.50 bits per heavy atom. The predicted octanol–water partition coefficient (Wildman–Crippen LogP) is 1.08. The first-order valence-electron chi connectivity index (χ1n) is 6.56. The van der Waals surface area contributed by atoms with E-state index in [2.05, 4.69) is 0 Å². The van der Waals surface area contributed by atoms with E-state index in [1.165, 1.54) is 6.07 Å². The first kappa shape index (κ1) is 14.9. The van der Waals surface area contributed by atoms with Gasteiger partial charge in [-0.2, -0.15) is 0 Å². The summed E-state index contributed by atoms with van der Waals surface area (Å²) in [6, 6.07) is 3.16. The van der Waals surface area contributed by atoms with E-state index >= 15 is 0 Å². The third-order valence-corrected chi connectivity index (χ3v) is 3.45. The summed E-state index contributed by atoms with van der Waals surface area (Å²) in [5.41, 5.74) is 5.73. The number of nitrogens with zero attached hydrogens (tertiary/aromatic N) is 1. The van der Waals surface area contributed by atoms with Gasteiger partial charge in [-0.05, 0) is 18.6 Å². The van der Waals surface area contributed by atoms with Gasteiger partial charge in [0.15, 0.2) is 0 Å². The Labute approximate surface area is 116 Å². The molecule has 0 aromatic heterocycles. The lowest BCUT2D eigenvalue weighted by Gasteiger charge is -2.37. The van der Waals surface area contributed by atoms with Crippen molar-refractivity contribution in [2.24, 2.45) is 5.73 Å². The molecule has 1 aromatic rings. The topological polar surface area (TPSA) is 55.6 Å². The smallest absolute Gasteiger partial charge is 0.227 e. The van der Waals surface area contributed by atoms with Crippen LogP contribution in [-0.2, 0) is 16.0 Å². The Morgan fingerprint density at radius 3 is 2.90 bits per heavy atom. The molecule has 1 fully saturated rings. The molecule has 1 heterocycles. The van der Waals surface area contributed by atoms with Crippen molar-refractivity contribution in [2.75, 3.05) is 19.7 Å². The number of hydrogen-bond donors (Lipinski definition) is 1. The van der Waals surface area contributed by atoms with Crippen molar-refractivity contribution in [2.45, 2.75) is 25.5 Å². The molecule has 6 heteroatoms. The highest BCUT2D eigenvalue weighted by Crippen LogP contribution is 2.16. The van der Waals surface area contributed by atoms with Gasteiger partial charge in [-0.25, -0.2) is 8.78 Å². The van der Waals surface area contributed by atoms with Crippen molar-refractivity contribution in [3.63, 3.8) is 0 Å². The SMILES string of the molecule is CC1COC(CN)CN1C(=O)Cc1ccc(F)cc1F.